The highest BCUT2D eigenvalue weighted by Gasteiger charge is 2.10. The molecule has 0 aliphatic rings. The van der Waals surface area contributed by atoms with E-state index in [1.54, 1.807) is 6.20 Å². The maximum Gasteiger partial charge on any atom is 0.227 e. The van der Waals surface area contributed by atoms with Gasteiger partial charge in [-0.25, -0.2) is 0 Å². The fraction of sp³-hybridized carbons (Fsp3) is 0.333. The number of para-hydroxylation sites is 1. The number of hydrogen-bond donors (Lipinski definition) is 0. The van der Waals surface area contributed by atoms with Gasteiger partial charge < -0.3 is 4.90 Å². The van der Waals surface area contributed by atoms with Crippen molar-refractivity contribution in [3.05, 3.63) is 42.1 Å². The predicted molar refractivity (Wildman–Crippen MR) is 73.4 cm³/mol. The summed E-state index contributed by atoms with van der Waals surface area (Å²) < 4.78 is 0. The summed E-state index contributed by atoms with van der Waals surface area (Å²) in [6.07, 6.45) is 2.23. The van der Waals surface area contributed by atoms with Gasteiger partial charge >= 0.3 is 0 Å². The molecule has 2 aromatic rings. The van der Waals surface area contributed by atoms with Gasteiger partial charge in [0.25, 0.3) is 0 Å². The van der Waals surface area contributed by atoms with E-state index in [0.717, 1.165) is 29.6 Å². The van der Waals surface area contributed by atoms with Crippen molar-refractivity contribution in [2.45, 2.75) is 20.3 Å². The molecule has 0 spiro atoms. The molecule has 1 aromatic heterocycles. The van der Waals surface area contributed by atoms with Crippen molar-refractivity contribution in [1.82, 2.24) is 9.88 Å². The molecule has 1 amide bonds. The van der Waals surface area contributed by atoms with Crippen LogP contribution in [0.2, 0.25) is 0 Å². The number of likely N-dealkylation sites (N-methyl/N-ethyl adjacent to an activating group) is 1. The van der Waals surface area contributed by atoms with E-state index >= 15 is 0 Å². The van der Waals surface area contributed by atoms with E-state index in [0.29, 0.717) is 6.42 Å². The van der Waals surface area contributed by atoms with Crippen LogP contribution in [0.15, 0.2) is 36.5 Å². The van der Waals surface area contributed by atoms with Gasteiger partial charge in [0.1, 0.15) is 0 Å². The number of benzene rings is 1. The lowest BCUT2D eigenvalue weighted by atomic mass is 10.1. The van der Waals surface area contributed by atoms with Crippen LogP contribution in [-0.2, 0) is 11.2 Å². The lowest BCUT2D eigenvalue weighted by Crippen LogP contribution is -2.31. The van der Waals surface area contributed by atoms with Crippen LogP contribution < -0.4 is 0 Å². The largest absolute Gasteiger partial charge is 0.343 e. The molecule has 0 saturated carbocycles. The zero-order valence-electron chi connectivity index (χ0n) is 10.9. The number of pyridine rings is 1. The van der Waals surface area contributed by atoms with Crippen molar-refractivity contribution in [1.29, 1.82) is 0 Å². The van der Waals surface area contributed by atoms with Crippen molar-refractivity contribution in [3.63, 3.8) is 0 Å². The number of fused-ring (bicyclic) bond motifs is 1. The van der Waals surface area contributed by atoms with Crippen molar-refractivity contribution in [3.8, 4) is 0 Å². The number of carbonyl (C=O) groups is 1. The Labute approximate surface area is 107 Å². The molecule has 0 fully saturated rings. The first kappa shape index (κ1) is 12.6. The van der Waals surface area contributed by atoms with Crippen LogP contribution in [0, 0.1) is 0 Å². The number of hydrogen-bond acceptors (Lipinski definition) is 2. The summed E-state index contributed by atoms with van der Waals surface area (Å²) in [5, 5.41) is 1.09. The molecule has 18 heavy (non-hydrogen) atoms. The zero-order valence-corrected chi connectivity index (χ0v) is 10.9. The molecule has 94 valence electrons. The van der Waals surface area contributed by atoms with Gasteiger partial charge in [0.2, 0.25) is 5.91 Å². The van der Waals surface area contributed by atoms with Crippen molar-refractivity contribution in [2.24, 2.45) is 0 Å². The minimum Gasteiger partial charge on any atom is -0.343 e. The molecule has 0 aliphatic carbocycles. The number of nitrogens with zero attached hydrogens (tertiary/aromatic N) is 2. The van der Waals surface area contributed by atoms with Crippen molar-refractivity contribution in [2.75, 3.05) is 13.1 Å². The summed E-state index contributed by atoms with van der Waals surface area (Å²) in [5.74, 6) is 0.164. The third-order valence-corrected chi connectivity index (χ3v) is 3.12. The van der Waals surface area contributed by atoms with E-state index in [1.165, 1.54) is 0 Å². The van der Waals surface area contributed by atoms with Gasteiger partial charge in [-0.05, 0) is 31.5 Å². The van der Waals surface area contributed by atoms with Gasteiger partial charge in [-0.15, -0.1) is 0 Å². The molecule has 0 N–H and O–H groups in total. The summed E-state index contributed by atoms with van der Waals surface area (Å²) in [5.41, 5.74) is 1.95. The number of rotatable bonds is 4. The quantitative estimate of drug-likeness (QED) is 0.825. The SMILES string of the molecule is CCN(CC)C(=O)Cc1cnc2ccccc2c1. The Bertz CT molecular complexity index is 547. The van der Waals surface area contributed by atoms with Gasteiger partial charge in [0, 0.05) is 24.7 Å². The summed E-state index contributed by atoms with van der Waals surface area (Å²) in [6.45, 7) is 5.52. The van der Waals surface area contributed by atoms with E-state index < -0.39 is 0 Å². The molecule has 0 bridgehead atoms. The lowest BCUT2D eigenvalue weighted by molar-refractivity contribution is -0.130. The third kappa shape index (κ3) is 2.67. The molecule has 3 nitrogen and oxygen atoms in total. The van der Waals surface area contributed by atoms with Crippen LogP contribution in [0.4, 0.5) is 0 Å². The fourth-order valence-electron chi connectivity index (χ4n) is 2.08. The molecule has 0 radical (unpaired) electrons. The molecule has 0 aliphatic heterocycles. The third-order valence-electron chi connectivity index (χ3n) is 3.12. The van der Waals surface area contributed by atoms with Crippen LogP contribution in [-0.4, -0.2) is 28.9 Å². The molecule has 3 heteroatoms. The standard InChI is InChI=1S/C15H18N2O/c1-3-17(4-2)15(18)10-12-9-13-7-5-6-8-14(13)16-11-12/h5-9,11H,3-4,10H2,1-2H3. The zero-order chi connectivity index (χ0) is 13.0. The van der Waals surface area contributed by atoms with Gasteiger partial charge in [0.15, 0.2) is 0 Å². The molecule has 1 heterocycles. The summed E-state index contributed by atoms with van der Waals surface area (Å²) in [4.78, 5) is 18.2. The Morgan fingerprint density at radius 1 is 1.22 bits per heavy atom. The smallest absolute Gasteiger partial charge is 0.227 e. The summed E-state index contributed by atoms with van der Waals surface area (Å²) in [6, 6.07) is 10.00. The van der Waals surface area contributed by atoms with Crippen LogP contribution in [0.25, 0.3) is 10.9 Å². The second-order valence-electron chi connectivity index (χ2n) is 4.28. The van der Waals surface area contributed by atoms with Gasteiger partial charge in [-0.3, -0.25) is 9.78 Å². The molecule has 0 atom stereocenters. The van der Waals surface area contributed by atoms with E-state index in [-0.39, 0.29) is 5.91 Å². The maximum atomic E-state index is 12.0. The average molecular weight is 242 g/mol. The van der Waals surface area contributed by atoms with Crippen LogP contribution in [0.3, 0.4) is 0 Å². The normalized spacial score (nSPS) is 10.6. The van der Waals surface area contributed by atoms with E-state index in [1.807, 2.05) is 49.1 Å². The van der Waals surface area contributed by atoms with E-state index in [2.05, 4.69) is 4.98 Å². The highest BCUT2D eigenvalue weighted by Crippen LogP contribution is 2.13. The average Bonchev–Trinajstić information content (AvgIpc) is 2.40. The Morgan fingerprint density at radius 3 is 2.67 bits per heavy atom. The van der Waals surface area contributed by atoms with Crippen molar-refractivity contribution < 1.29 is 4.79 Å². The molecule has 1 aromatic carbocycles. The second kappa shape index (κ2) is 5.63. The number of amides is 1. The summed E-state index contributed by atoms with van der Waals surface area (Å²) >= 11 is 0. The first-order valence-corrected chi connectivity index (χ1v) is 6.36. The monoisotopic (exact) mass is 242 g/mol. The summed E-state index contributed by atoms with van der Waals surface area (Å²) in [7, 11) is 0. The Morgan fingerprint density at radius 2 is 1.94 bits per heavy atom. The lowest BCUT2D eigenvalue weighted by Gasteiger charge is -2.18. The van der Waals surface area contributed by atoms with Crippen LogP contribution >= 0.6 is 0 Å². The molecule has 0 saturated heterocycles. The number of carbonyl (C=O) groups excluding carboxylic acids is 1. The van der Waals surface area contributed by atoms with E-state index in [4.69, 9.17) is 0 Å². The predicted octanol–water partition coefficient (Wildman–Crippen LogP) is 2.65. The molecular weight excluding hydrogens is 224 g/mol. The Balaban J connectivity index is 2.19. The van der Waals surface area contributed by atoms with Gasteiger partial charge in [-0.1, -0.05) is 18.2 Å². The molecule has 2 rings (SSSR count). The first-order chi connectivity index (χ1) is 8.74. The number of aromatic nitrogens is 1. The van der Waals surface area contributed by atoms with Crippen molar-refractivity contribution >= 4 is 16.8 Å². The first-order valence-electron chi connectivity index (χ1n) is 6.36. The topological polar surface area (TPSA) is 33.2 Å². The van der Waals surface area contributed by atoms with Crippen LogP contribution in [0.5, 0.6) is 0 Å². The Hall–Kier alpha value is -1.90. The highest BCUT2D eigenvalue weighted by molar-refractivity contribution is 5.82. The second-order valence-corrected chi connectivity index (χ2v) is 4.28. The Kier molecular flexibility index (Phi) is 3.92. The molecular formula is C15H18N2O. The van der Waals surface area contributed by atoms with Gasteiger partial charge in [0.05, 0.1) is 11.9 Å². The highest BCUT2D eigenvalue weighted by atomic mass is 16.2. The maximum absolute atomic E-state index is 12.0. The van der Waals surface area contributed by atoms with Gasteiger partial charge in [-0.2, -0.15) is 0 Å². The molecule has 0 unspecified atom stereocenters. The fourth-order valence-corrected chi connectivity index (χ4v) is 2.08. The van der Waals surface area contributed by atoms with E-state index in [9.17, 15) is 4.79 Å². The van der Waals surface area contributed by atoms with Crippen LogP contribution in [0.1, 0.15) is 19.4 Å². The minimum atomic E-state index is 0.164. The minimum absolute atomic E-state index is 0.164.